The molecule has 0 spiro atoms. The smallest absolute Gasteiger partial charge is 0.321 e. The van der Waals surface area contributed by atoms with Crippen LogP contribution in [0.2, 0.25) is 0 Å². The van der Waals surface area contributed by atoms with Crippen molar-refractivity contribution in [3.05, 3.63) is 70.8 Å². The normalized spacial score (nSPS) is 11.1. The van der Waals surface area contributed by atoms with Crippen LogP contribution < -0.4 is 0 Å². The Bertz CT molecular complexity index is 662. The number of carbonyl (C=O) groups excluding carboxylic acids is 2. The van der Waals surface area contributed by atoms with Crippen LogP contribution >= 0.6 is 9.12 Å². The fraction of sp³-hybridized carbons (Fsp3) is 0.222. The fourth-order valence-electron chi connectivity index (χ4n) is 2.51. The van der Waals surface area contributed by atoms with Crippen LogP contribution in [0.5, 0.6) is 0 Å². The molecule has 5 heteroatoms. The van der Waals surface area contributed by atoms with E-state index in [-0.39, 0.29) is 5.78 Å². The second kappa shape index (κ2) is 9.06. The number of aryl methyl sites for hydroxylation is 2. The third kappa shape index (κ3) is 4.40. The van der Waals surface area contributed by atoms with E-state index in [1.165, 1.54) is 7.11 Å². The van der Waals surface area contributed by atoms with Crippen LogP contribution in [0.1, 0.15) is 33.0 Å². The molecule has 0 aromatic heterocycles. The topological polar surface area (TPSA) is 60.4 Å². The lowest BCUT2D eigenvalue weighted by Crippen LogP contribution is -2.24. The molecule has 0 aliphatic carbocycles. The second-order valence-corrected chi connectivity index (χ2v) is 5.00. The van der Waals surface area contributed by atoms with E-state index in [0.29, 0.717) is 20.2 Å². The van der Waals surface area contributed by atoms with E-state index in [9.17, 15) is 9.59 Å². The van der Waals surface area contributed by atoms with E-state index >= 15 is 0 Å². The molecule has 0 saturated heterocycles. The van der Waals surface area contributed by atoms with Gasteiger partial charge in [-0.3, -0.25) is 9.59 Å². The Hall–Kier alpha value is -2.19. The molecule has 23 heavy (non-hydrogen) atoms. The molecular formula is C18H21O4P. The number of hydrogen-bond donors (Lipinski definition) is 0. The summed E-state index contributed by atoms with van der Waals surface area (Å²) in [5.74, 6) is -1.67. The van der Waals surface area contributed by atoms with Crippen molar-refractivity contribution in [3.8, 4) is 0 Å². The zero-order chi connectivity index (χ0) is 17.4. The summed E-state index contributed by atoms with van der Waals surface area (Å²) in [6.45, 7) is 3.75. The number of Topliss-reactive ketones (excluding diaryl/α,β-unsaturated/α-hetero) is 1. The van der Waals surface area contributed by atoms with Crippen LogP contribution in [-0.2, 0) is 14.1 Å². The number of benzene rings is 2. The highest BCUT2D eigenvalue weighted by Gasteiger charge is 2.31. The van der Waals surface area contributed by atoms with Crippen molar-refractivity contribution in [2.24, 2.45) is 0 Å². The molecule has 2 aromatic rings. The van der Waals surface area contributed by atoms with Gasteiger partial charge < -0.3 is 9.30 Å². The molecule has 0 N–H and O–H groups in total. The lowest BCUT2D eigenvalue weighted by molar-refractivity contribution is -0.141. The predicted octanol–water partition coefficient (Wildman–Crippen LogP) is 3.38. The van der Waals surface area contributed by atoms with Crippen molar-refractivity contribution < 1.29 is 18.9 Å². The average Bonchev–Trinajstić information content (AvgIpc) is 2.57. The van der Waals surface area contributed by atoms with Gasteiger partial charge in [0.15, 0.2) is 5.78 Å². The van der Waals surface area contributed by atoms with Gasteiger partial charge in [-0.05, 0) is 30.5 Å². The van der Waals surface area contributed by atoms with E-state index in [1.807, 2.05) is 50.2 Å². The molecule has 0 aliphatic rings. The standard InChI is InChI=1S/C18H18O3.H3OP/c1-12-8-7-9-13(2)15(12)17(19)16(18(20)21-3)14-10-5-4-6-11-14;1-2/h4-11,16H,1-3H3;2H3. The van der Waals surface area contributed by atoms with E-state index < -0.39 is 11.9 Å². The van der Waals surface area contributed by atoms with Crippen molar-refractivity contribution >= 4 is 20.9 Å². The Morgan fingerprint density at radius 1 is 0.913 bits per heavy atom. The van der Waals surface area contributed by atoms with Crippen LogP contribution in [0, 0.1) is 13.8 Å². The molecule has 0 fully saturated rings. The molecule has 2 unspecified atom stereocenters. The molecule has 2 aromatic carbocycles. The fourth-order valence-corrected chi connectivity index (χ4v) is 2.51. The van der Waals surface area contributed by atoms with Gasteiger partial charge in [0.25, 0.3) is 0 Å². The molecule has 0 heterocycles. The first-order valence-corrected chi connectivity index (χ1v) is 7.66. The predicted molar refractivity (Wildman–Crippen MR) is 93.2 cm³/mol. The molecule has 2 atom stereocenters. The number of ketones is 1. The molecule has 0 radical (unpaired) electrons. The first kappa shape index (κ1) is 18.9. The number of hydrogen-bond acceptors (Lipinski definition) is 4. The average molecular weight is 332 g/mol. The third-order valence-electron chi connectivity index (χ3n) is 3.56. The van der Waals surface area contributed by atoms with Gasteiger partial charge >= 0.3 is 5.97 Å². The second-order valence-electron chi connectivity index (χ2n) is 5.00. The summed E-state index contributed by atoms with van der Waals surface area (Å²) < 4.78 is 13.1. The van der Waals surface area contributed by atoms with Crippen molar-refractivity contribution in [3.63, 3.8) is 0 Å². The van der Waals surface area contributed by atoms with Gasteiger partial charge in [0.1, 0.15) is 5.92 Å². The monoisotopic (exact) mass is 332 g/mol. The van der Waals surface area contributed by atoms with E-state index in [1.54, 1.807) is 12.1 Å². The molecule has 2 rings (SSSR count). The Morgan fingerprint density at radius 2 is 1.43 bits per heavy atom. The summed E-state index contributed by atoms with van der Waals surface area (Å²) in [7, 11) is 1.91. The highest BCUT2D eigenvalue weighted by atomic mass is 31.0. The van der Waals surface area contributed by atoms with Crippen molar-refractivity contribution in [2.75, 3.05) is 7.11 Å². The molecular weight excluding hydrogens is 311 g/mol. The SMILES string of the molecule is COC(=O)C(C(=O)c1c(C)cccc1C)c1ccccc1.O=[PH3]. The van der Waals surface area contributed by atoms with Gasteiger partial charge in [0, 0.05) is 5.56 Å². The summed E-state index contributed by atoms with van der Waals surface area (Å²) in [4.78, 5) is 25.0. The molecule has 4 nitrogen and oxygen atoms in total. The lowest BCUT2D eigenvalue weighted by atomic mass is 9.87. The zero-order valence-electron chi connectivity index (χ0n) is 13.5. The van der Waals surface area contributed by atoms with Gasteiger partial charge in [-0.15, -0.1) is 0 Å². The van der Waals surface area contributed by atoms with Gasteiger partial charge in [-0.25, -0.2) is 0 Å². The summed E-state index contributed by atoms with van der Waals surface area (Å²) >= 11 is 0. The lowest BCUT2D eigenvalue weighted by Gasteiger charge is -2.17. The van der Waals surface area contributed by atoms with Crippen LogP contribution in [0.4, 0.5) is 0 Å². The number of rotatable bonds is 4. The van der Waals surface area contributed by atoms with Crippen molar-refractivity contribution in [1.82, 2.24) is 0 Å². The molecule has 0 saturated carbocycles. The van der Waals surface area contributed by atoms with Gasteiger partial charge in [-0.1, -0.05) is 48.5 Å². The van der Waals surface area contributed by atoms with Crippen LogP contribution in [0.15, 0.2) is 48.5 Å². The van der Waals surface area contributed by atoms with Gasteiger partial charge in [0.05, 0.1) is 16.2 Å². The zero-order valence-corrected chi connectivity index (χ0v) is 15.0. The van der Waals surface area contributed by atoms with Crippen LogP contribution in [0.3, 0.4) is 0 Å². The minimum atomic E-state index is -0.920. The first-order chi connectivity index (χ1) is 11.1. The molecule has 0 amide bonds. The quantitative estimate of drug-likeness (QED) is 0.373. The largest absolute Gasteiger partial charge is 0.468 e. The summed E-state index contributed by atoms with van der Waals surface area (Å²) in [5, 5.41) is 0. The highest BCUT2D eigenvalue weighted by molar-refractivity contribution is 7.00. The molecule has 122 valence electrons. The summed E-state index contributed by atoms with van der Waals surface area (Å²) in [6, 6.07) is 14.7. The number of methoxy groups -OCH3 is 1. The minimum Gasteiger partial charge on any atom is -0.468 e. The van der Waals surface area contributed by atoms with Crippen LogP contribution in [-0.4, -0.2) is 18.9 Å². The third-order valence-corrected chi connectivity index (χ3v) is 3.56. The number of esters is 1. The maximum atomic E-state index is 12.9. The van der Waals surface area contributed by atoms with E-state index in [2.05, 4.69) is 0 Å². The maximum Gasteiger partial charge on any atom is 0.321 e. The van der Waals surface area contributed by atoms with E-state index in [0.717, 1.165) is 11.1 Å². The van der Waals surface area contributed by atoms with Gasteiger partial charge in [0.2, 0.25) is 0 Å². The molecule has 0 bridgehead atoms. The van der Waals surface area contributed by atoms with Gasteiger partial charge in [-0.2, -0.15) is 0 Å². The minimum absolute atomic E-state index is 0.219. The number of ether oxygens (including phenoxy) is 1. The van der Waals surface area contributed by atoms with Crippen molar-refractivity contribution in [2.45, 2.75) is 19.8 Å². The molecule has 0 aliphatic heterocycles. The number of carbonyl (C=O) groups is 2. The Kier molecular flexibility index (Phi) is 7.43. The summed E-state index contributed by atoms with van der Waals surface area (Å²) in [5.41, 5.74) is 2.98. The summed E-state index contributed by atoms with van der Waals surface area (Å²) in [6.07, 6.45) is 0. The Labute approximate surface area is 138 Å². The first-order valence-electron chi connectivity index (χ1n) is 7.08. The Morgan fingerprint density at radius 3 is 1.91 bits per heavy atom. The van der Waals surface area contributed by atoms with Crippen molar-refractivity contribution in [1.29, 1.82) is 0 Å². The maximum absolute atomic E-state index is 12.9. The van der Waals surface area contributed by atoms with E-state index in [4.69, 9.17) is 9.30 Å². The highest BCUT2D eigenvalue weighted by Crippen LogP contribution is 2.26. The Balaban J connectivity index is 0.00000127. The van der Waals surface area contributed by atoms with Crippen LogP contribution in [0.25, 0.3) is 0 Å².